The van der Waals surface area contributed by atoms with E-state index < -0.39 is 0 Å². The van der Waals surface area contributed by atoms with Gasteiger partial charge >= 0.3 is 0 Å². The molecule has 4 heteroatoms. The largest absolute Gasteiger partial charge is 0.398 e. The Labute approximate surface area is 126 Å². The molecule has 0 atom stereocenters. The highest BCUT2D eigenvalue weighted by atomic mass is 79.9. The smallest absolute Gasteiger partial charge is 0.143 e. The van der Waals surface area contributed by atoms with E-state index in [9.17, 15) is 0 Å². The molecule has 0 amide bonds. The van der Waals surface area contributed by atoms with Gasteiger partial charge in [0, 0.05) is 22.3 Å². The molecule has 20 heavy (non-hydrogen) atoms. The van der Waals surface area contributed by atoms with E-state index in [1.54, 1.807) is 0 Å². The number of nitrogens with zero attached hydrogens (tertiary/aromatic N) is 2. The van der Waals surface area contributed by atoms with Crippen molar-refractivity contribution >= 4 is 32.7 Å². The summed E-state index contributed by atoms with van der Waals surface area (Å²) in [4.78, 5) is 4.78. The third-order valence-corrected chi connectivity index (χ3v) is 3.85. The molecule has 102 valence electrons. The van der Waals surface area contributed by atoms with E-state index in [0.29, 0.717) is 0 Å². The van der Waals surface area contributed by atoms with Gasteiger partial charge in [-0.05, 0) is 36.8 Å². The van der Waals surface area contributed by atoms with Crippen LogP contribution in [0.1, 0.15) is 13.3 Å². The molecule has 2 N–H and O–H groups in total. The molecule has 0 fully saturated rings. The number of halogens is 1. The van der Waals surface area contributed by atoms with E-state index >= 15 is 0 Å². The maximum Gasteiger partial charge on any atom is 0.143 e. The molecular formula is C16H16BrN3. The predicted octanol–water partition coefficient (Wildman–Crippen LogP) is 4.46. The fourth-order valence-electron chi connectivity index (χ4n) is 2.46. The van der Waals surface area contributed by atoms with Crippen LogP contribution >= 0.6 is 15.9 Å². The standard InChI is InChI=1S/C16H16BrN3/c1-2-9-20-15-8-7-11(17)10-14(15)19-16(20)12-5-3-4-6-13(12)18/h3-8,10H,2,9,18H2,1H3. The quantitative estimate of drug-likeness (QED) is 0.721. The Kier molecular flexibility index (Phi) is 3.49. The average Bonchev–Trinajstić information content (AvgIpc) is 2.77. The predicted molar refractivity (Wildman–Crippen MR) is 87.6 cm³/mol. The van der Waals surface area contributed by atoms with Gasteiger partial charge < -0.3 is 10.3 Å². The van der Waals surface area contributed by atoms with Crippen molar-refractivity contribution < 1.29 is 0 Å². The maximum atomic E-state index is 6.11. The van der Waals surface area contributed by atoms with Crippen molar-refractivity contribution in [1.29, 1.82) is 0 Å². The van der Waals surface area contributed by atoms with Gasteiger partial charge in [0.2, 0.25) is 0 Å². The van der Waals surface area contributed by atoms with Crippen LogP contribution in [0.5, 0.6) is 0 Å². The van der Waals surface area contributed by atoms with Crippen molar-refractivity contribution in [2.75, 3.05) is 5.73 Å². The lowest BCUT2D eigenvalue weighted by Crippen LogP contribution is -2.01. The topological polar surface area (TPSA) is 43.8 Å². The summed E-state index contributed by atoms with van der Waals surface area (Å²) in [5.41, 5.74) is 10.0. The van der Waals surface area contributed by atoms with Gasteiger partial charge in [0.05, 0.1) is 11.0 Å². The summed E-state index contributed by atoms with van der Waals surface area (Å²) in [5, 5.41) is 0. The average molecular weight is 330 g/mol. The Morgan fingerprint density at radius 2 is 2.00 bits per heavy atom. The van der Waals surface area contributed by atoms with E-state index in [2.05, 4.69) is 33.5 Å². The van der Waals surface area contributed by atoms with Crippen LogP contribution in [0.25, 0.3) is 22.4 Å². The summed E-state index contributed by atoms with van der Waals surface area (Å²) in [7, 11) is 0. The Bertz CT molecular complexity index is 762. The minimum Gasteiger partial charge on any atom is -0.398 e. The molecule has 3 nitrogen and oxygen atoms in total. The zero-order chi connectivity index (χ0) is 14.1. The number of rotatable bonds is 3. The van der Waals surface area contributed by atoms with Crippen LogP contribution in [-0.4, -0.2) is 9.55 Å². The Balaban J connectivity index is 2.29. The summed E-state index contributed by atoms with van der Waals surface area (Å²) >= 11 is 3.50. The third-order valence-electron chi connectivity index (χ3n) is 3.36. The lowest BCUT2D eigenvalue weighted by atomic mass is 10.1. The molecule has 3 aromatic rings. The summed E-state index contributed by atoms with van der Waals surface area (Å²) in [6.45, 7) is 3.10. The lowest BCUT2D eigenvalue weighted by Gasteiger charge is -2.09. The number of aromatic nitrogens is 2. The molecule has 0 saturated heterocycles. The summed E-state index contributed by atoms with van der Waals surface area (Å²) in [6.07, 6.45) is 1.06. The summed E-state index contributed by atoms with van der Waals surface area (Å²) in [6, 6.07) is 14.1. The SMILES string of the molecule is CCCn1c(-c2ccccc2N)nc2cc(Br)ccc21. The van der Waals surface area contributed by atoms with Crippen LogP contribution in [0, 0.1) is 0 Å². The van der Waals surface area contributed by atoms with Gasteiger partial charge in [0.25, 0.3) is 0 Å². The van der Waals surface area contributed by atoms with Gasteiger partial charge in [-0.2, -0.15) is 0 Å². The maximum absolute atomic E-state index is 6.11. The fourth-order valence-corrected chi connectivity index (χ4v) is 2.81. The first-order valence-electron chi connectivity index (χ1n) is 6.71. The first-order chi connectivity index (χ1) is 9.70. The molecule has 2 aromatic carbocycles. The third kappa shape index (κ3) is 2.20. The molecule has 0 aliphatic rings. The Morgan fingerprint density at radius 1 is 1.20 bits per heavy atom. The van der Waals surface area contributed by atoms with Gasteiger partial charge in [0.1, 0.15) is 5.82 Å². The molecule has 0 radical (unpaired) electrons. The van der Waals surface area contributed by atoms with Crippen LogP contribution in [0.2, 0.25) is 0 Å². The summed E-state index contributed by atoms with van der Waals surface area (Å²) in [5.74, 6) is 0.943. The number of hydrogen-bond acceptors (Lipinski definition) is 2. The lowest BCUT2D eigenvalue weighted by molar-refractivity contribution is 0.704. The van der Waals surface area contributed by atoms with Crippen molar-refractivity contribution in [2.45, 2.75) is 19.9 Å². The highest BCUT2D eigenvalue weighted by molar-refractivity contribution is 9.10. The number of imidazole rings is 1. The van der Waals surface area contributed by atoms with Crippen molar-refractivity contribution in [1.82, 2.24) is 9.55 Å². The molecule has 0 unspecified atom stereocenters. The first-order valence-corrected chi connectivity index (χ1v) is 7.50. The van der Waals surface area contributed by atoms with Crippen LogP contribution < -0.4 is 5.73 Å². The van der Waals surface area contributed by atoms with Crippen molar-refractivity contribution in [3.8, 4) is 11.4 Å². The Hall–Kier alpha value is -1.81. The van der Waals surface area contributed by atoms with E-state index in [-0.39, 0.29) is 0 Å². The highest BCUT2D eigenvalue weighted by Gasteiger charge is 2.14. The second-order valence-corrected chi connectivity index (χ2v) is 5.72. The van der Waals surface area contributed by atoms with E-state index in [0.717, 1.165) is 45.5 Å². The number of benzene rings is 2. The highest BCUT2D eigenvalue weighted by Crippen LogP contribution is 2.30. The van der Waals surface area contributed by atoms with Crippen LogP contribution in [-0.2, 0) is 6.54 Å². The molecular weight excluding hydrogens is 314 g/mol. The van der Waals surface area contributed by atoms with Crippen LogP contribution in [0.4, 0.5) is 5.69 Å². The molecule has 0 bridgehead atoms. The number of hydrogen-bond donors (Lipinski definition) is 1. The minimum absolute atomic E-state index is 0.763. The zero-order valence-electron chi connectivity index (χ0n) is 11.3. The van der Waals surface area contributed by atoms with Gasteiger partial charge in [-0.15, -0.1) is 0 Å². The van der Waals surface area contributed by atoms with E-state index in [1.807, 2.05) is 36.4 Å². The van der Waals surface area contributed by atoms with Crippen LogP contribution in [0.15, 0.2) is 46.9 Å². The second kappa shape index (κ2) is 5.29. The fraction of sp³-hybridized carbons (Fsp3) is 0.188. The molecule has 0 saturated carbocycles. The zero-order valence-corrected chi connectivity index (χ0v) is 12.9. The van der Waals surface area contributed by atoms with E-state index in [4.69, 9.17) is 10.7 Å². The molecule has 1 aromatic heterocycles. The first kappa shape index (κ1) is 13.2. The molecule has 0 aliphatic carbocycles. The van der Waals surface area contributed by atoms with Crippen molar-refractivity contribution in [3.05, 3.63) is 46.9 Å². The number of nitrogen functional groups attached to an aromatic ring is 1. The normalized spacial score (nSPS) is 11.1. The van der Waals surface area contributed by atoms with Gasteiger partial charge in [-0.3, -0.25) is 0 Å². The number of fused-ring (bicyclic) bond motifs is 1. The Morgan fingerprint density at radius 3 is 2.75 bits per heavy atom. The monoisotopic (exact) mass is 329 g/mol. The molecule has 0 spiro atoms. The molecule has 0 aliphatic heterocycles. The number of anilines is 1. The van der Waals surface area contributed by atoms with Crippen molar-refractivity contribution in [3.63, 3.8) is 0 Å². The summed E-state index contributed by atoms with van der Waals surface area (Å²) < 4.78 is 3.28. The number of nitrogens with two attached hydrogens (primary N) is 1. The van der Waals surface area contributed by atoms with Crippen LogP contribution in [0.3, 0.4) is 0 Å². The van der Waals surface area contributed by atoms with E-state index in [1.165, 1.54) is 0 Å². The van der Waals surface area contributed by atoms with Gasteiger partial charge in [-0.1, -0.05) is 35.0 Å². The minimum atomic E-state index is 0.763. The van der Waals surface area contributed by atoms with Crippen molar-refractivity contribution in [2.24, 2.45) is 0 Å². The second-order valence-electron chi connectivity index (χ2n) is 4.81. The number of para-hydroxylation sites is 1. The molecule has 1 heterocycles. The number of aryl methyl sites for hydroxylation is 1. The van der Waals surface area contributed by atoms with Gasteiger partial charge in [0.15, 0.2) is 0 Å². The van der Waals surface area contributed by atoms with Gasteiger partial charge in [-0.25, -0.2) is 4.98 Å². The molecule has 3 rings (SSSR count).